The van der Waals surface area contributed by atoms with Gasteiger partial charge in [0.05, 0.1) is 5.69 Å². The van der Waals surface area contributed by atoms with Crippen LogP contribution in [0.15, 0.2) is 12.3 Å². The zero-order chi connectivity index (χ0) is 12.4. The van der Waals surface area contributed by atoms with Gasteiger partial charge in [-0.05, 0) is 44.2 Å². The molecule has 1 aliphatic carbocycles. The standard InChI is InChI=1S/C14H24N4/c1-18-9-7-11(17-18)10-16-14-5-2-4-12(14)13-6-3-8-15-13/h7,9,12-16H,2-6,8,10H2,1H3. The van der Waals surface area contributed by atoms with Gasteiger partial charge in [0.15, 0.2) is 0 Å². The van der Waals surface area contributed by atoms with Crippen LogP contribution in [0.3, 0.4) is 0 Å². The summed E-state index contributed by atoms with van der Waals surface area (Å²) in [6.07, 6.45) is 8.83. The molecule has 0 radical (unpaired) electrons. The first-order valence-corrected chi connectivity index (χ1v) is 7.28. The molecule has 1 saturated carbocycles. The van der Waals surface area contributed by atoms with Crippen molar-refractivity contribution in [3.05, 3.63) is 18.0 Å². The molecule has 0 spiro atoms. The molecule has 0 aromatic carbocycles. The lowest BCUT2D eigenvalue weighted by atomic mass is 9.93. The molecule has 3 rings (SSSR count). The van der Waals surface area contributed by atoms with Crippen molar-refractivity contribution in [2.75, 3.05) is 6.54 Å². The van der Waals surface area contributed by atoms with Crippen LogP contribution in [0.4, 0.5) is 0 Å². The van der Waals surface area contributed by atoms with Crippen LogP contribution in [-0.4, -0.2) is 28.4 Å². The first-order valence-electron chi connectivity index (χ1n) is 7.28. The second-order valence-corrected chi connectivity index (χ2v) is 5.77. The van der Waals surface area contributed by atoms with E-state index in [0.29, 0.717) is 6.04 Å². The third-order valence-electron chi connectivity index (χ3n) is 4.50. The van der Waals surface area contributed by atoms with Crippen LogP contribution in [0.2, 0.25) is 0 Å². The van der Waals surface area contributed by atoms with E-state index in [1.165, 1.54) is 38.6 Å². The highest BCUT2D eigenvalue weighted by atomic mass is 15.3. The predicted molar refractivity (Wildman–Crippen MR) is 72.2 cm³/mol. The summed E-state index contributed by atoms with van der Waals surface area (Å²) >= 11 is 0. The Morgan fingerprint density at radius 3 is 3.06 bits per heavy atom. The zero-order valence-electron chi connectivity index (χ0n) is 11.2. The fraction of sp³-hybridized carbons (Fsp3) is 0.786. The van der Waals surface area contributed by atoms with E-state index >= 15 is 0 Å². The molecule has 3 unspecified atom stereocenters. The Kier molecular flexibility index (Phi) is 3.66. The maximum absolute atomic E-state index is 4.43. The molecule has 3 atom stereocenters. The fourth-order valence-electron chi connectivity index (χ4n) is 3.59. The molecule has 1 saturated heterocycles. The lowest BCUT2D eigenvalue weighted by Gasteiger charge is -2.26. The van der Waals surface area contributed by atoms with Crippen LogP contribution < -0.4 is 10.6 Å². The van der Waals surface area contributed by atoms with E-state index in [2.05, 4.69) is 21.8 Å². The van der Waals surface area contributed by atoms with E-state index in [9.17, 15) is 0 Å². The van der Waals surface area contributed by atoms with E-state index in [4.69, 9.17) is 0 Å². The molecule has 1 aromatic rings. The molecule has 4 nitrogen and oxygen atoms in total. The van der Waals surface area contributed by atoms with Crippen LogP contribution in [-0.2, 0) is 13.6 Å². The van der Waals surface area contributed by atoms with Crippen LogP contribution in [0.1, 0.15) is 37.8 Å². The van der Waals surface area contributed by atoms with E-state index in [1.54, 1.807) is 0 Å². The van der Waals surface area contributed by atoms with Gasteiger partial charge in [-0.3, -0.25) is 4.68 Å². The van der Waals surface area contributed by atoms with Gasteiger partial charge in [-0.1, -0.05) is 6.42 Å². The maximum Gasteiger partial charge on any atom is 0.0762 e. The van der Waals surface area contributed by atoms with Gasteiger partial charge >= 0.3 is 0 Å². The van der Waals surface area contributed by atoms with Gasteiger partial charge in [0.2, 0.25) is 0 Å². The summed E-state index contributed by atoms with van der Waals surface area (Å²) < 4.78 is 1.88. The van der Waals surface area contributed by atoms with Crippen LogP contribution in [0.25, 0.3) is 0 Å². The quantitative estimate of drug-likeness (QED) is 0.847. The topological polar surface area (TPSA) is 41.9 Å². The minimum absolute atomic E-state index is 0.683. The number of aryl methyl sites for hydroxylation is 1. The number of aromatic nitrogens is 2. The summed E-state index contributed by atoms with van der Waals surface area (Å²) in [6, 6.07) is 3.54. The minimum atomic E-state index is 0.683. The molecule has 4 heteroatoms. The Balaban J connectivity index is 1.54. The van der Waals surface area contributed by atoms with Crippen LogP contribution in [0, 0.1) is 5.92 Å². The molecule has 0 amide bonds. The fourth-order valence-corrected chi connectivity index (χ4v) is 3.59. The second kappa shape index (κ2) is 5.41. The van der Waals surface area contributed by atoms with Crippen molar-refractivity contribution >= 4 is 0 Å². The molecular formula is C14H24N4. The largest absolute Gasteiger partial charge is 0.314 e. The number of rotatable bonds is 4. The number of hydrogen-bond donors (Lipinski definition) is 2. The summed E-state index contributed by atoms with van der Waals surface area (Å²) in [5.74, 6) is 0.830. The van der Waals surface area contributed by atoms with Gasteiger partial charge in [0, 0.05) is 31.9 Å². The third-order valence-corrected chi connectivity index (χ3v) is 4.50. The summed E-state index contributed by atoms with van der Waals surface area (Å²) in [5.41, 5.74) is 1.16. The van der Waals surface area contributed by atoms with Crippen molar-refractivity contribution in [3.63, 3.8) is 0 Å². The molecule has 2 N–H and O–H groups in total. The minimum Gasteiger partial charge on any atom is -0.314 e. The highest BCUT2D eigenvalue weighted by molar-refractivity contribution is 5.00. The number of hydrogen-bond acceptors (Lipinski definition) is 3. The molecular weight excluding hydrogens is 224 g/mol. The smallest absolute Gasteiger partial charge is 0.0762 e. The first-order chi connectivity index (χ1) is 8.83. The summed E-state index contributed by atoms with van der Waals surface area (Å²) in [6.45, 7) is 2.13. The molecule has 18 heavy (non-hydrogen) atoms. The maximum atomic E-state index is 4.43. The summed E-state index contributed by atoms with van der Waals surface area (Å²) in [7, 11) is 1.98. The van der Waals surface area contributed by atoms with Crippen LogP contribution >= 0.6 is 0 Å². The lowest BCUT2D eigenvalue weighted by molar-refractivity contribution is 0.319. The van der Waals surface area contributed by atoms with E-state index < -0.39 is 0 Å². The van der Waals surface area contributed by atoms with Gasteiger partial charge in [-0.15, -0.1) is 0 Å². The molecule has 2 fully saturated rings. The second-order valence-electron chi connectivity index (χ2n) is 5.77. The first kappa shape index (κ1) is 12.2. The normalized spacial score (nSPS) is 32.2. The van der Waals surface area contributed by atoms with Crippen molar-refractivity contribution in [3.8, 4) is 0 Å². The predicted octanol–water partition coefficient (Wildman–Crippen LogP) is 1.43. The Bertz CT molecular complexity index is 381. The van der Waals surface area contributed by atoms with Crippen molar-refractivity contribution in [1.29, 1.82) is 0 Å². The lowest BCUT2D eigenvalue weighted by Crippen LogP contribution is -2.41. The molecule has 1 aromatic heterocycles. The Hall–Kier alpha value is -0.870. The Labute approximate surface area is 109 Å². The molecule has 2 aliphatic rings. The average Bonchev–Trinajstić information content (AvgIpc) is 3.07. The van der Waals surface area contributed by atoms with E-state index in [0.717, 1.165) is 24.2 Å². The average molecular weight is 248 g/mol. The van der Waals surface area contributed by atoms with Crippen molar-refractivity contribution in [1.82, 2.24) is 20.4 Å². The SMILES string of the molecule is Cn1ccc(CNC2CCCC2C2CCCN2)n1. The zero-order valence-corrected chi connectivity index (χ0v) is 11.2. The number of nitrogens with zero attached hydrogens (tertiary/aromatic N) is 2. The highest BCUT2D eigenvalue weighted by Crippen LogP contribution is 2.32. The van der Waals surface area contributed by atoms with Gasteiger partial charge in [-0.2, -0.15) is 5.10 Å². The van der Waals surface area contributed by atoms with Crippen molar-refractivity contribution in [2.45, 2.75) is 50.7 Å². The van der Waals surface area contributed by atoms with Gasteiger partial charge in [0.1, 0.15) is 0 Å². The molecule has 2 heterocycles. The van der Waals surface area contributed by atoms with Crippen molar-refractivity contribution < 1.29 is 0 Å². The highest BCUT2D eigenvalue weighted by Gasteiger charge is 2.34. The van der Waals surface area contributed by atoms with E-state index in [1.807, 2.05) is 17.9 Å². The summed E-state index contributed by atoms with van der Waals surface area (Å²) in [4.78, 5) is 0. The Morgan fingerprint density at radius 1 is 1.39 bits per heavy atom. The monoisotopic (exact) mass is 248 g/mol. The third kappa shape index (κ3) is 2.59. The van der Waals surface area contributed by atoms with Gasteiger partial charge in [-0.25, -0.2) is 0 Å². The Morgan fingerprint density at radius 2 is 2.33 bits per heavy atom. The van der Waals surface area contributed by atoms with E-state index in [-0.39, 0.29) is 0 Å². The van der Waals surface area contributed by atoms with Gasteiger partial charge < -0.3 is 10.6 Å². The van der Waals surface area contributed by atoms with Crippen molar-refractivity contribution in [2.24, 2.45) is 13.0 Å². The molecule has 0 bridgehead atoms. The van der Waals surface area contributed by atoms with Gasteiger partial charge in [0.25, 0.3) is 0 Å². The molecule has 1 aliphatic heterocycles. The summed E-state index contributed by atoms with van der Waals surface area (Å²) in [5, 5.41) is 11.8. The van der Waals surface area contributed by atoms with Crippen LogP contribution in [0.5, 0.6) is 0 Å². The molecule has 100 valence electrons. The number of nitrogens with one attached hydrogen (secondary N) is 2.